The van der Waals surface area contributed by atoms with Crippen molar-refractivity contribution in [2.45, 2.75) is 38.9 Å². The number of carbonyl (C=O) groups excluding carboxylic acids is 1. The van der Waals surface area contributed by atoms with E-state index in [1.54, 1.807) is 6.92 Å². The summed E-state index contributed by atoms with van der Waals surface area (Å²) < 4.78 is 10.3. The molecule has 0 aliphatic carbocycles. The maximum absolute atomic E-state index is 11.4. The van der Waals surface area contributed by atoms with E-state index in [1.165, 1.54) is 5.56 Å². The molecular weight excluding hydrogens is 216 g/mol. The molecule has 1 aliphatic heterocycles. The van der Waals surface area contributed by atoms with Crippen LogP contribution in [0.2, 0.25) is 0 Å². The molecule has 3 nitrogen and oxygen atoms in total. The first-order valence-corrected chi connectivity index (χ1v) is 6.05. The summed E-state index contributed by atoms with van der Waals surface area (Å²) >= 11 is 0. The molecule has 1 aliphatic rings. The Morgan fingerprint density at radius 3 is 2.53 bits per heavy atom. The van der Waals surface area contributed by atoms with Gasteiger partial charge in [-0.2, -0.15) is 0 Å². The van der Waals surface area contributed by atoms with Gasteiger partial charge in [0.15, 0.2) is 6.10 Å². The molecule has 2 atom stereocenters. The first-order chi connectivity index (χ1) is 8.13. The van der Waals surface area contributed by atoms with Crippen molar-refractivity contribution in [3.63, 3.8) is 0 Å². The molecule has 0 spiro atoms. The van der Waals surface area contributed by atoms with Crippen LogP contribution >= 0.6 is 0 Å². The van der Waals surface area contributed by atoms with Crippen molar-refractivity contribution in [3.05, 3.63) is 35.4 Å². The molecule has 1 saturated heterocycles. The zero-order valence-electron chi connectivity index (χ0n) is 10.5. The molecule has 0 aromatic heterocycles. The number of ether oxygens (including phenoxy) is 2. The number of benzene rings is 1. The predicted molar refractivity (Wildman–Crippen MR) is 64.8 cm³/mol. The summed E-state index contributed by atoms with van der Waals surface area (Å²) in [6.07, 6.45) is -0.518. The quantitative estimate of drug-likeness (QED) is 0.594. The van der Waals surface area contributed by atoms with Crippen molar-refractivity contribution in [1.29, 1.82) is 0 Å². The highest BCUT2D eigenvalue weighted by Gasteiger charge is 2.47. The maximum Gasteiger partial charge on any atom is 0.338 e. The fourth-order valence-corrected chi connectivity index (χ4v) is 1.84. The molecule has 2 rings (SSSR count). The fourth-order valence-electron chi connectivity index (χ4n) is 1.84. The normalized spacial score (nSPS) is 22.6. The van der Waals surface area contributed by atoms with Gasteiger partial charge in [-0.1, -0.05) is 38.1 Å². The lowest BCUT2D eigenvalue weighted by Crippen LogP contribution is -2.11. The van der Waals surface area contributed by atoms with Gasteiger partial charge in [0.05, 0.1) is 6.61 Å². The Labute approximate surface area is 102 Å². The van der Waals surface area contributed by atoms with Crippen LogP contribution in [0.1, 0.15) is 43.9 Å². The number of esters is 1. The van der Waals surface area contributed by atoms with Gasteiger partial charge in [-0.05, 0) is 24.0 Å². The second-order valence-corrected chi connectivity index (χ2v) is 4.55. The number of carbonyl (C=O) groups is 1. The zero-order chi connectivity index (χ0) is 12.4. The third kappa shape index (κ3) is 2.67. The van der Waals surface area contributed by atoms with E-state index in [0.717, 1.165) is 5.56 Å². The van der Waals surface area contributed by atoms with Gasteiger partial charge in [-0.25, -0.2) is 4.79 Å². The van der Waals surface area contributed by atoms with Crippen molar-refractivity contribution in [1.82, 2.24) is 0 Å². The minimum absolute atomic E-state index is 0.115. The summed E-state index contributed by atoms with van der Waals surface area (Å²) in [7, 11) is 0. The second kappa shape index (κ2) is 4.88. The zero-order valence-corrected chi connectivity index (χ0v) is 10.5. The van der Waals surface area contributed by atoms with Crippen LogP contribution in [0.4, 0.5) is 0 Å². The topological polar surface area (TPSA) is 38.8 Å². The van der Waals surface area contributed by atoms with Crippen LogP contribution in [0, 0.1) is 0 Å². The van der Waals surface area contributed by atoms with E-state index in [1.807, 2.05) is 12.1 Å². The van der Waals surface area contributed by atoms with Gasteiger partial charge in [0.1, 0.15) is 6.10 Å². The highest BCUT2D eigenvalue weighted by molar-refractivity contribution is 5.78. The SMILES string of the molecule is CCOC(=O)C1OC1c1ccc(C(C)C)cc1. The maximum atomic E-state index is 11.4. The number of rotatable bonds is 4. The summed E-state index contributed by atoms with van der Waals surface area (Å²) in [5, 5.41) is 0. The van der Waals surface area contributed by atoms with Crippen molar-refractivity contribution >= 4 is 5.97 Å². The minimum Gasteiger partial charge on any atom is -0.464 e. The molecule has 2 unspecified atom stereocenters. The molecule has 0 bridgehead atoms. The molecule has 0 amide bonds. The molecule has 1 aromatic carbocycles. The van der Waals surface area contributed by atoms with Gasteiger partial charge in [0.25, 0.3) is 0 Å². The largest absolute Gasteiger partial charge is 0.464 e. The molecule has 92 valence electrons. The van der Waals surface area contributed by atoms with Crippen LogP contribution < -0.4 is 0 Å². The lowest BCUT2D eigenvalue weighted by Gasteiger charge is -2.05. The number of hydrogen-bond donors (Lipinski definition) is 0. The van der Waals surface area contributed by atoms with E-state index in [2.05, 4.69) is 26.0 Å². The minimum atomic E-state index is -0.403. The second-order valence-electron chi connectivity index (χ2n) is 4.55. The average Bonchev–Trinajstić information content (AvgIpc) is 3.09. The summed E-state index contributed by atoms with van der Waals surface area (Å²) in [6.45, 7) is 6.51. The standard InChI is InChI=1S/C14H18O3/c1-4-16-14(15)13-12(17-13)11-7-5-10(6-8-11)9(2)3/h5-9,12-13H,4H2,1-3H3. The van der Waals surface area contributed by atoms with E-state index in [4.69, 9.17) is 9.47 Å². The Morgan fingerprint density at radius 2 is 2.00 bits per heavy atom. The molecule has 3 heteroatoms. The monoisotopic (exact) mass is 234 g/mol. The van der Waals surface area contributed by atoms with Crippen molar-refractivity contribution in [2.24, 2.45) is 0 Å². The van der Waals surface area contributed by atoms with Crippen molar-refractivity contribution in [3.8, 4) is 0 Å². The summed E-state index contributed by atoms with van der Waals surface area (Å²) in [6, 6.07) is 8.23. The van der Waals surface area contributed by atoms with Gasteiger partial charge >= 0.3 is 5.97 Å². The Morgan fingerprint density at radius 1 is 1.35 bits per heavy atom. The Hall–Kier alpha value is -1.35. The third-order valence-corrected chi connectivity index (χ3v) is 2.94. The van der Waals surface area contributed by atoms with Gasteiger partial charge in [0, 0.05) is 0 Å². The first kappa shape index (κ1) is 12.1. The predicted octanol–water partition coefficient (Wildman–Crippen LogP) is 2.81. The highest BCUT2D eigenvalue weighted by atomic mass is 16.6. The van der Waals surface area contributed by atoms with Gasteiger partial charge in [0.2, 0.25) is 0 Å². The van der Waals surface area contributed by atoms with E-state index in [9.17, 15) is 4.79 Å². The van der Waals surface area contributed by atoms with Crippen LogP contribution in [0.3, 0.4) is 0 Å². The summed E-state index contributed by atoms with van der Waals surface area (Å²) in [5.41, 5.74) is 2.34. The lowest BCUT2D eigenvalue weighted by atomic mass is 10.0. The molecule has 0 N–H and O–H groups in total. The van der Waals surface area contributed by atoms with E-state index < -0.39 is 6.10 Å². The molecule has 0 radical (unpaired) electrons. The smallest absolute Gasteiger partial charge is 0.338 e. The van der Waals surface area contributed by atoms with Crippen LogP contribution in [-0.2, 0) is 14.3 Å². The Kier molecular flexibility index (Phi) is 3.48. The molecule has 1 fully saturated rings. The highest BCUT2D eigenvalue weighted by Crippen LogP contribution is 2.39. The molecule has 1 aromatic rings. The van der Waals surface area contributed by atoms with Crippen molar-refractivity contribution < 1.29 is 14.3 Å². The summed E-state index contributed by atoms with van der Waals surface area (Å²) in [4.78, 5) is 11.4. The third-order valence-electron chi connectivity index (χ3n) is 2.94. The summed E-state index contributed by atoms with van der Waals surface area (Å²) in [5.74, 6) is 0.260. The van der Waals surface area contributed by atoms with E-state index in [-0.39, 0.29) is 12.1 Å². The van der Waals surface area contributed by atoms with E-state index >= 15 is 0 Å². The first-order valence-electron chi connectivity index (χ1n) is 6.05. The van der Waals surface area contributed by atoms with Crippen LogP contribution in [0.25, 0.3) is 0 Å². The average molecular weight is 234 g/mol. The molecule has 0 saturated carbocycles. The van der Waals surface area contributed by atoms with Gasteiger partial charge in [-0.15, -0.1) is 0 Å². The Balaban J connectivity index is 1.99. The fraction of sp³-hybridized carbons (Fsp3) is 0.500. The van der Waals surface area contributed by atoms with Crippen LogP contribution in [-0.4, -0.2) is 18.7 Å². The van der Waals surface area contributed by atoms with Gasteiger partial charge in [-0.3, -0.25) is 0 Å². The van der Waals surface area contributed by atoms with Crippen LogP contribution in [0.15, 0.2) is 24.3 Å². The number of epoxide rings is 1. The van der Waals surface area contributed by atoms with Crippen LogP contribution in [0.5, 0.6) is 0 Å². The van der Waals surface area contributed by atoms with E-state index in [0.29, 0.717) is 12.5 Å². The van der Waals surface area contributed by atoms with Crippen molar-refractivity contribution in [2.75, 3.05) is 6.61 Å². The molecule has 17 heavy (non-hydrogen) atoms. The lowest BCUT2D eigenvalue weighted by molar-refractivity contribution is -0.144. The number of hydrogen-bond acceptors (Lipinski definition) is 3. The molecular formula is C14H18O3. The van der Waals surface area contributed by atoms with Gasteiger partial charge < -0.3 is 9.47 Å². The Bertz CT molecular complexity index is 394. The molecule has 1 heterocycles.